The van der Waals surface area contributed by atoms with E-state index in [1.165, 1.54) is 96.4 Å². The van der Waals surface area contributed by atoms with Gasteiger partial charge in [-0.15, -0.1) is 0 Å². The van der Waals surface area contributed by atoms with E-state index in [-0.39, 0.29) is 5.91 Å². The third-order valence-corrected chi connectivity index (χ3v) is 7.60. The second kappa shape index (κ2) is 21.6. The lowest BCUT2D eigenvalue weighted by molar-refractivity contribution is -0.122. The molecule has 34 heavy (non-hydrogen) atoms. The molecule has 0 bridgehead atoms. The maximum atomic E-state index is 12.7. The van der Waals surface area contributed by atoms with E-state index in [0.29, 0.717) is 12.5 Å². The first-order valence-corrected chi connectivity index (χ1v) is 14.9. The molecule has 1 rings (SSSR count). The van der Waals surface area contributed by atoms with Gasteiger partial charge in [-0.25, -0.2) is 0 Å². The highest BCUT2D eigenvalue weighted by Crippen LogP contribution is 2.16. The Hall–Kier alpha value is -0.650. The fraction of sp³-hybridized carbons (Fsp3) is 0.966. The van der Waals surface area contributed by atoms with Gasteiger partial charge in [0.2, 0.25) is 5.91 Å². The summed E-state index contributed by atoms with van der Waals surface area (Å²) in [4.78, 5) is 20.0. The van der Waals surface area contributed by atoms with Gasteiger partial charge in [0.15, 0.2) is 0 Å². The minimum absolute atomic E-state index is 0.240. The highest BCUT2D eigenvalue weighted by Gasteiger charge is 2.18. The Bertz CT molecular complexity index is 473. The van der Waals surface area contributed by atoms with Crippen molar-refractivity contribution in [1.29, 1.82) is 0 Å². The molecule has 1 atom stereocenters. The Morgan fingerprint density at radius 3 is 1.76 bits per heavy atom. The number of hydrogen-bond acceptors (Lipinski definition) is 4. The number of rotatable bonds is 12. The average molecular weight is 481 g/mol. The molecule has 1 saturated heterocycles. The van der Waals surface area contributed by atoms with E-state index in [9.17, 15) is 4.79 Å². The van der Waals surface area contributed by atoms with Crippen molar-refractivity contribution < 1.29 is 4.79 Å². The van der Waals surface area contributed by atoms with Crippen LogP contribution in [0.1, 0.15) is 116 Å². The lowest BCUT2D eigenvalue weighted by Crippen LogP contribution is -2.39. The Morgan fingerprint density at radius 2 is 1.18 bits per heavy atom. The molecule has 5 nitrogen and oxygen atoms in total. The molecular weight excluding hydrogens is 420 g/mol. The Kier molecular flexibility index (Phi) is 20.0. The number of nitrogens with zero attached hydrogens (tertiary/aromatic N) is 3. The maximum absolute atomic E-state index is 12.7. The zero-order chi connectivity index (χ0) is 24.9. The van der Waals surface area contributed by atoms with Crippen LogP contribution >= 0.6 is 0 Å². The van der Waals surface area contributed by atoms with Crippen LogP contribution in [0.25, 0.3) is 0 Å². The summed E-state index contributed by atoms with van der Waals surface area (Å²) < 4.78 is 0. The van der Waals surface area contributed by atoms with Crippen molar-refractivity contribution in [3.8, 4) is 0 Å². The largest absolute Gasteiger partial charge is 0.356 e. The Balaban J connectivity index is 2.36. The summed E-state index contributed by atoms with van der Waals surface area (Å²) in [6.45, 7) is 8.75. The first-order valence-electron chi connectivity index (χ1n) is 14.9. The molecule has 0 radical (unpaired) electrons. The van der Waals surface area contributed by atoms with Gasteiger partial charge >= 0.3 is 0 Å². The fourth-order valence-electron chi connectivity index (χ4n) is 5.15. The first kappa shape index (κ1) is 31.4. The van der Waals surface area contributed by atoms with Crippen LogP contribution in [0.2, 0.25) is 0 Å². The number of amides is 1. The summed E-state index contributed by atoms with van der Waals surface area (Å²) in [5, 5.41) is 3.20. The molecule has 1 amide bonds. The standard InChI is InChI=1S/C29H60N4O/c1-5-6-7-8-9-10-11-12-13-14-15-20-28-27-29(34)30-21-18-24-31(2)22-16-17-23-32(3)25-19-26-33(28)4/h28H,5-27H2,1-4H3,(H,30,34)/t28-/m0/s1. The van der Waals surface area contributed by atoms with E-state index in [1.807, 2.05) is 0 Å². The molecule has 0 unspecified atom stereocenters. The van der Waals surface area contributed by atoms with Gasteiger partial charge in [-0.05, 0) is 86.0 Å². The van der Waals surface area contributed by atoms with Crippen LogP contribution in [-0.2, 0) is 4.79 Å². The summed E-state index contributed by atoms with van der Waals surface area (Å²) in [5.41, 5.74) is 0. The number of carbonyl (C=O) groups is 1. The third-order valence-electron chi connectivity index (χ3n) is 7.60. The normalized spacial score (nSPS) is 21.9. The van der Waals surface area contributed by atoms with Crippen molar-refractivity contribution in [2.24, 2.45) is 0 Å². The van der Waals surface area contributed by atoms with E-state index >= 15 is 0 Å². The van der Waals surface area contributed by atoms with Crippen molar-refractivity contribution in [2.45, 2.75) is 122 Å². The molecule has 202 valence electrons. The summed E-state index contributed by atoms with van der Waals surface area (Å²) in [5.74, 6) is 0.240. The van der Waals surface area contributed by atoms with Crippen LogP contribution in [0.4, 0.5) is 0 Å². The summed E-state index contributed by atoms with van der Waals surface area (Å²) >= 11 is 0. The second-order valence-electron chi connectivity index (χ2n) is 11.0. The highest BCUT2D eigenvalue weighted by atomic mass is 16.1. The van der Waals surface area contributed by atoms with E-state index in [2.05, 4.69) is 48.1 Å². The Morgan fingerprint density at radius 1 is 0.676 bits per heavy atom. The zero-order valence-corrected chi connectivity index (χ0v) is 23.6. The highest BCUT2D eigenvalue weighted by molar-refractivity contribution is 5.76. The quantitative estimate of drug-likeness (QED) is 0.351. The number of nitrogens with one attached hydrogen (secondary N) is 1. The maximum Gasteiger partial charge on any atom is 0.221 e. The van der Waals surface area contributed by atoms with Crippen LogP contribution in [0.15, 0.2) is 0 Å². The third kappa shape index (κ3) is 17.7. The van der Waals surface area contributed by atoms with Crippen molar-refractivity contribution in [2.75, 3.05) is 60.4 Å². The minimum atomic E-state index is 0.240. The van der Waals surface area contributed by atoms with Crippen molar-refractivity contribution in [3.05, 3.63) is 0 Å². The molecule has 1 heterocycles. The molecule has 0 aliphatic carbocycles. The predicted octanol–water partition coefficient (Wildman–Crippen LogP) is 5.93. The van der Waals surface area contributed by atoms with Crippen LogP contribution in [0.5, 0.6) is 0 Å². The van der Waals surface area contributed by atoms with Gasteiger partial charge in [0.05, 0.1) is 0 Å². The van der Waals surface area contributed by atoms with Gasteiger partial charge in [-0.3, -0.25) is 4.79 Å². The number of unbranched alkanes of at least 4 members (excludes halogenated alkanes) is 10. The molecule has 1 N–H and O–H groups in total. The lowest BCUT2D eigenvalue weighted by Gasteiger charge is -2.28. The minimum Gasteiger partial charge on any atom is -0.356 e. The first-order chi connectivity index (χ1) is 16.5. The van der Waals surface area contributed by atoms with Crippen LogP contribution < -0.4 is 5.32 Å². The molecule has 1 fully saturated rings. The van der Waals surface area contributed by atoms with Crippen molar-refractivity contribution >= 4 is 5.91 Å². The van der Waals surface area contributed by atoms with Crippen molar-refractivity contribution in [1.82, 2.24) is 20.0 Å². The number of carbonyl (C=O) groups excluding carboxylic acids is 1. The van der Waals surface area contributed by atoms with Gasteiger partial charge in [0, 0.05) is 19.0 Å². The molecule has 0 saturated carbocycles. The van der Waals surface area contributed by atoms with Gasteiger partial charge < -0.3 is 20.0 Å². The van der Waals surface area contributed by atoms with Crippen molar-refractivity contribution in [3.63, 3.8) is 0 Å². The second-order valence-corrected chi connectivity index (χ2v) is 11.0. The van der Waals surface area contributed by atoms with E-state index < -0.39 is 0 Å². The predicted molar refractivity (Wildman–Crippen MR) is 149 cm³/mol. The van der Waals surface area contributed by atoms with Gasteiger partial charge in [-0.2, -0.15) is 0 Å². The van der Waals surface area contributed by atoms with Gasteiger partial charge in [-0.1, -0.05) is 77.6 Å². The molecule has 0 aromatic heterocycles. The van der Waals surface area contributed by atoms with Crippen LogP contribution in [0.3, 0.4) is 0 Å². The lowest BCUT2D eigenvalue weighted by atomic mass is 10.0. The monoisotopic (exact) mass is 480 g/mol. The molecule has 0 aromatic carbocycles. The molecule has 5 heteroatoms. The summed E-state index contributed by atoms with van der Waals surface area (Å²) in [6.07, 6.45) is 21.7. The smallest absolute Gasteiger partial charge is 0.221 e. The van der Waals surface area contributed by atoms with Crippen LogP contribution in [0, 0.1) is 0 Å². The molecule has 1 aliphatic heterocycles. The van der Waals surface area contributed by atoms with E-state index in [4.69, 9.17) is 0 Å². The molecular formula is C29H60N4O. The number of hydrogen-bond donors (Lipinski definition) is 1. The van der Waals surface area contributed by atoms with E-state index in [0.717, 1.165) is 45.6 Å². The molecule has 1 aliphatic rings. The van der Waals surface area contributed by atoms with E-state index in [1.54, 1.807) is 0 Å². The zero-order valence-electron chi connectivity index (χ0n) is 23.6. The molecule has 0 spiro atoms. The summed E-state index contributed by atoms with van der Waals surface area (Å²) in [7, 11) is 6.70. The topological polar surface area (TPSA) is 38.8 Å². The summed E-state index contributed by atoms with van der Waals surface area (Å²) in [6, 6.07) is 0.377. The van der Waals surface area contributed by atoms with Gasteiger partial charge in [0.1, 0.15) is 0 Å². The fourth-order valence-corrected chi connectivity index (χ4v) is 5.15. The Labute approximate surface area is 213 Å². The van der Waals surface area contributed by atoms with Gasteiger partial charge in [0.25, 0.3) is 0 Å². The van der Waals surface area contributed by atoms with Crippen LogP contribution in [-0.4, -0.2) is 87.1 Å². The average Bonchev–Trinajstić information content (AvgIpc) is 2.81. The molecule has 0 aromatic rings. The SMILES string of the molecule is CCCCCCCCCCCCC[C@H]1CC(=O)NCCCN(C)CCCCN(C)CCCN1C.